The number of phosphoric acid groups is 1. The molecule has 0 amide bonds. The molecule has 0 fully saturated rings. The van der Waals surface area contributed by atoms with Gasteiger partial charge in [-0.05, 0) is 186 Å². The van der Waals surface area contributed by atoms with Crippen LogP contribution in [0.5, 0.6) is 34.5 Å². The fourth-order valence-electron chi connectivity index (χ4n) is 11.3. The predicted molar refractivity (Wildman–Crippen MR) is 333 cm³/mol. The van der Waals surface area contributed by atoms with Gasteiger partial charge in [0.05, 0.1) is 0 Å². The summed E-state index contributed by atoms with van der Waals surface area (Å²) in [6.07, 6.45) is 1.72. The zero-order chi connectivity index (χ0) is 59.5. The highest BCUT2D eigenvalue weighted by molar-refractivity contribution is 7.49. The fourth-order valence-corrected chi connectivity index (χ4v) is 12.6. The van der Waals surface area contributed by atoms with E-state index in [1.165, 1.54) is 16.7 Å². The van der Waals surface area contributed by atoms with Crippen LogP contribution in [0.3, 0.4) is 0 Å². The highest BCUT2D eigenvalue weighted by Gasteiger charge is 2.38. The zero-order valence-electron chi connectivity index (χ0n) is 52.0. The monoisotopic (exact) mass is 1100 g/mol. The maximum absolute atomic E-state index is 15.3. The van der Waals surface area contributed by atoms with Crippen LogP contribution >= 0.6 is 7.82 Å². The van der Waals surface area contributed by atoms with E-state index in [-0.39, 0.29) is 33.2 Å². The first-order chi connectivity index (χ1) is 36.8. The van der Waals surface area contributed by atoms with E-state index in [0.29, 0.717) is 47.8 Å². The molecule has 0 unspecified atom stereocenters. The molecule has 0 aliphatic carbocycles. The molecule has 0 spiro atoms. The van der Waals surface area contributed by atoms with Gasteiger partial charge in [0, 0.05) is 11.1 Å². The minimum atomic E-state index is -4.48. The molecule has 426 valence electrons. The zero-order valence-corrected chi connectivity index (χ0v) is 52.9. The molecule has 7 aromatic carbocycles. The quantitative estimate of drug-likeness (QED) is 0.0988. The Bertz CT molecular complexity index is 3230. The first-order valence-electron chi connectivity index (χ1n) is 28.4. The van der Waals surface area contributed by atoms with E-state index < -0.39 is 18.7 Å². The first kappa shape index (κ1) is 61.2. The maximum atomic E-state index is 15.3. The molecular formula is C72H91O7P. The van der Waals surface area contributed by atoms with E-state index in [1.807, 2.05) is 30.3 Å². The van der Waals surface area contributed by atoms with Crippen molar-refractivity contribution in [3.05, 3.63) is 199 Å². The minimum absolute atomic E-state index is 0.204. The lowest BCUT2D eigenvalue weighted by Crippen LogP contribution is -2.20. The second-order valence-electron chi connectivity index (χ2n) is 28.4. The normalized spacial score (nSPS) is 12.9. The van der Waals surface area contributed by atoms with Crippen molar-refractivity contribution in [3.63, 3.8) is 0 Å². The third kappa shape index (κ3) is 13.3. The van der Waals surface area contributed by atoms with Crippen LogP contribution in [0, 0.1) is 20.8 Å². The summed E-state index contributed by atoms with van der Waals surface area (Å²) in [5.74, 6) is 1.81. The van der Waals surface area contributed by atoms with Gasteiger partial charge < -0.3 is 28.9 Å². The van der Waals surface area contributed by atoms with Crippen molar-refractivity contribution >= 4 is 7.82 Å². The molecule has 7 nitrogen and oxygen atoms in total. The lowest BCUT2D eigenvalue weighted by atomic mass is 9.72. The van der Waals surface area contributed by atoms with E-state index in [2.05, 4.69) is 176 Å². The number of phosphoric ester groups is 1. The molecule has 0 radical (unpaired) electrons. The van der Waals surface area contributed by atoms with Gasteiger partial charge in [0.15, 0.2) is 0 Å². The highest BCUT2D eigenvalue weighted by atomic mass is 31.2. The van der Waals surface area contributed by atoms with Gasteiger partial charge in [0.25, 0.3) is 0 Å². The van der Waals surface area contributed by atoms with Crippen LogP contribution in [0.25, 0.3) is 11.1 Å². The van der Waals surface area contributed by atoms with E-state index >= 15 is 4.57 Å². The number of hydrogen-bond acceptors (Lipinski definition) is 7. The average molecular weight is 1100 g/mol. The van der Waals surface area contributed by atoms with Crippen molar-refractivity contribution in [1.29, 1.82) is 0 Å². The van der Waals surface area contributed by atoms with Crippen molar-refractivity contribution in [1.82, 2.24) is 0 Å². The van der Waals surface area contributed by atoms with Crippen LogP contribution in [0.1, 0.15) is 208 Å². The van der Waals surface area contributed by atoms with Crippen LogP contribution in [-0.4, -0.2) is 15.3 Å². The topological polar surface area (TPSA) is 105 Å². The van der Waals surface area contributed by atoms with Gasteiger partial charge in [-0.25, -0.2) is 0 Å². The first-order valence-corrected chi connectivity index (χ1v) is 29.9. The van der Waals surface area contributed by atoms with Crippen molar-refractivity contribution in [2.24, 2.45) is 0 Å². The largest absolute Gasteiger partial charge is 0.647 e. The number of phenols is 3. The van der Waals surface area contributed by atoms with Gasteiger partial charge in [-0.2, -0.15) is 4.57 Å². The van der Waals surface area contributed by atoms with Gasteiger partial charge in [-0.3, -0.25) is 0 Å². The van der Waals surface area contributed by atoms with Gasteiger partial charge >= 0.3 is 7.82 Å². The molecule has 0 saturated carbocycles. The summed E-state index contributed by atoms with van der Waals surface area (Å²) in [5, 5.41) is 36.7. The smallest absolute Gasteiger partial charge is 0.507 e. The van der Waals surface area contributed by atoms with E-state index in [9.17, 15) is 15.3 Å². The van der Waals surface area contributed by atoms with E-state index in [4.69, 9.17) is 13.6 Å². The van der Waals surface area contributed by atoms with Crippen LogP contribution in [-0.2, 0) is 56.3 Å². The number of para-hydroxylation sites is 3. The summed E-state index contributed by atoms with van der Waals surface area (Å²) in [6.45, 7) is 45.5. The molecule has 0 aliphatic heterocycles. The Morgan fingerprint density at radius 1 is 0.388 bits per heavy atom. The summed E-state index contributed by atoms with van der Waals surface area (Å²) < 4.78 is 34.5. The Morgan fingerprint density at radius 2 is 0.713 bits per heavy atom. The standard InChI is InChI=1S/C72H91O7P/c1-44-53(36-47-38-56(67(4,5)6)64(73)57(39-47)68(7,8)9)45(2)55(46(3)54(44)37-48-40-58(69(10,11)12)65(74)59(41-48)70(13,14)15)42-49-43-60(71(16,17)18)66(75)63(72(19,20)21)62(49)52-34-28-29-35-61(52)79-80(76,77-50-30-24-22-25-31-50)78-51-32-26-23-27-33-51/h22-35,38-41,43,73-75H,36-37,42H2,1-21H3. The van der Waals surface area contributed by atoms with Gasteiger partial charge in [0.1, 0.15) is 34.5 Å². The molecule has 7 rings (SSSR count). The number of phenolic OH excluding ortho intramolecular Hbond substituents is 3. The van der Waals surface area contributed by atoms with Crippen molar-refractivity contribution in [2.45, 2.75) is 197 Å². The lowest BCUT2D eigenvalue weighted by molar-refractivity contribution is 0.299. The summed E-state index contributed by atoms with van der Waals surface area (Å²) >= 11 is 0. The SMILES string of the molecule is Cc1c(Cc2cc(C(C)(C)C)c(O)c(C(C)(C)C)c2)c(C)c(Cc2cc(C(C)(C)C)c(O)c(C(C)(C)C)c2-c2ccccc2OP(=O)(Oc2ccccc2)Oc2ccccc2)c(C)c1Cc1cc(C(C)(C)C)c(O)c(C(C)(C)C)c1. The molecule has 0 atom stereocenters. The fraction of sp³-hybridized carbons (Fsp3) is 0.417. The second-order valence-corrected chi connectivity index (χ2v) is 29.9. The van der Waals surface area contributed by atoms with Crippen LogP contribution < -0.4 is 13.6 Å². The summed E-state index contributed by atoms with van der Waals surface area (Å²) in [5.41, 5.74) is 14.6. The second kappa shape index (κ2) is 22.1. The number of benzene rings is 7. The predicted octanol–water partition coefficient (Wildman–Crippen LogP) is 19.6. The molecule has 80 heavy (non-hydrogen) atoms. The van der Waals surface area contributed by atoms with Gasteiger partial charge in [-0.15, -0.1) is 0 Å². The van der Waals surface area contributed by atoms with Crippen molar-refractivity contribution in [3.8, 4) is 45.6 Å². The van der Waals surface area contributed by atoms with E-state index in [0.717, 1.165) is 72.3 Å². The Labute approximate surface area is 480 Å². The molecule has 0 saturated heterocycles. The Kier molecular flexibility index (Phi) is 16.9. The Hall–Kier alpha value is -6.43. The van der Waals surface area contributed by atoms with Gasteiger partial charge in [0.2, 0.25) is 0 Å². The number of aromatic hydroxyl groups is 3. The lowest BCUT2D eigenvalue weighted by Gasteiger charge is -2.33. The Balaban J connectivity index is 1.56. The molecule has 0 aliphatic rings. The van der Waals surface area contributed by atoms with Crippen LogP contribution in [0.2, 0.25) is 0 Å². The number of rotatable bonds is 13. The highest BCUT2D eigenvalue weighted by Crippen LogP contribution is 2.55. The Morgan fingerprint density at radius 3 is 1.06 bits per heavy atom. The minimum Gasteiger partial charge on any atom is -0.507 e. The van der Waals surface area contributed by atoms with E-state index in [1.54, 1.807) is 54.6 Å². The third-order valence-corrected chi connectivity index (χ3v) is 16.9. The summed E-state index contributed by atoms with van der Waals surface area (Å²) in [7, 11) is -4.48. The summed E-state index contributed by atoms with van der Waals surface area (Å²) in [4.78, 5) is 0. The summed E-state index contributed by atoms with van der Waals surface area (Å²) in [6, 6.07) is 36.3. The molecular weight excluding hydrogens is 1010 g/mol. The molecule has 0 bridgehead atoms. The molecule has 0 heterocycles. The molecule has 7 aromatic rings. The van der Waals surface area contributed by atoms with Crippen LogP contribution in [0.15, 0.2) is 115 Å². The van der Waals surface area contributed by atoms with Crippen LogP contribution in [0.4, 0.5) is 0 Å². The maximum Gasteiger partial charge on any atom is 0.647 e. The average Bonchev–Trinajstić information content (AvgIpc) is 3.52. The number of hydrogen-bond donors (Lipinski definition) is 3. The molecule has 0 aromatic heterocycles. The third-order valence-electron chi connectivity index (χ3n) is 15.6. The van der Waals surface area contributed by atoms with Gasteiger partial charge in [-0.1, -0.05) is 210 Å². The van der Waals surface area contributed by atoms with Crippen molar-refractivity contribution in [2.75, 3.05) is 0 Å². The van der Waals surface area contributed by atoms with Crippen molar-refractivity contribution < 1.29 is 33.5 Å². The molecule has 3 N–H and O–H groups in total. The molecule has 8 heteroatoms.